The zero-order valence-electron chi connectivity index (χ0n) is 16.1. The fraction of sp³-hybridized carbons (Fsp3) is 0.409. The fourth-order valence-corrected chi connectivity index (χ4v) is 3.20. The Morgan fingerprint density at radius 2 is 2.00 bits per heavy atom. The van der Waals surface area contributed by atoms with Gasteiger partial charge < -0.3 is 14.1 Å². The topological polar surface area (TPSA) is 45.9 Å². The summed E-state index contributed by atoms with van der Waals surface area (Å²) < 4.78 is 11.6. The second-order valence-electron chi connectivity index (χ2n) is 7.11. The van der Waals surface area contributed by atoms with Gasteiger partial charge in [-0.3, -0.25) is 9.69 Å². The van der Waals surface area contributed by atoms with Gasteiger partial charge in [0.05, 0.1) is 12.6 Å². The molecule has 1 aliphatic rings. The summed E-state index contributed by atoms with van der Waals surface area (Å²) in [5.41, 5.74) is 1.19. The highest BCUT2D eigenvalue weighted by molar-refractivity contribution is 5.91. The molecule has 1 amide bonds. The van der Waals surface area contributed by atoms with Gasteiger partial charge in [0.15, 0.2) is 5.76 Å². The van der Waals surface area contributed by atoms with E-state index in [-0.39, 0.29) is 12.0 Å². The van der Waals surface area contributed by atoms with Crippen molar-refractivity contribution in [3.05, 3.63) is 65.6 Å². The molecule has 5 heteroatoms. The highest BCUT2D eigenvalue weighted by atomic mass is 16.5. The van der Waals surface area contributed by atoms with E-state index >= 15 is 0 Å². The van der Waals surface area contributed by atoms with E-state index in [0.717, 1.165) is 38.3 Å². The summed E-state index contributed by atoms with van der Waals surface area (Å²) in [6.45, 7) is 3.16. The molecule has 0 aliphatic carbocycles. The van der Waals surface area contributed by atoms with Gasteiger partial charge in [0.25, 0.3) is 5.91 Å². The molecule has 1 saturated heterocycles. The van der Waals surface area contributed by atoms with E-state index in [2.05, 4.69) is 29.2 Å². The van der Waals surface area contributed by atoms with Crippen molar-refractivity contribution >= 4 is 12.0 Å². The standard InChI is InChI=1S/C22H28N2O3/c1-23(2)22(25)21-13-12-20(27-21)17-24(16-19-11-7-15-26-19)14-6-10-18-8-4-3-5-9-18/h3-6,8-10,12-13,19H,7,11,14-17H2,1-2H3. The molecule has 2 aromatic rings. The molecular formula is C22H28N2O3. The number of furan rings is 1. The smallest absolute Gasteiger partial charge is 0.289 e. The zero-order chi connectivity index (χ0) is 19.1. The summed E-state index contributed by atoms with van der Waals surface area (Å²) in [4.78, 5) is 15.9. The molecule has 1 atom stereocenters. The lowest BCUT2D eigenvalue weighted by Gasteiger charge is -2.23. The van der Waals surface area contributed by atoms with Gasteiger partial charge in [0.1, 0.15) is 5.76 Å². The summed E-state index contributed by atoms with van der Waals surface area (Å²) in [6.07, 6.45) is 6.79. The highest BCUT2D eigenvalue weighted by Crippen LogP contribution is 2.17. The van der Waals surface area contributed by atoms with Crippen molar-refractivity contribution in [2.45, 2.75) is 25.5 Å². The van der Waals surface area contributed by atoms with Crippen LogP contribution in [0.4, 0.5) is 0 Å². The van der Waals surface area contributed by atoms with Gasteiger partial charge >= 0.3 is 0 Å². The number of amides is 1. The first-order valence-corrected chi connectivity index (χ1v) is 9.48. The van der Waals surface area contributed by atoms with Crippen LogP contribution in [0.5, 0.6) is 0 Å². The first-order valence-electron chi connectivity index (χ1n) is 9.48. The molecule has 0 bridgehead atoms. The lowest BCUT2D eigenvalue weighted by molar-refractivity contribution is 0.0712. The normalized spacial score (nSPS) is 17.1. The predicted octanol–water partition coefficient (Wildman–Crippen LogP) is 3.68. The van der Waals surface area contributed by atoms with Crippen LogP contribution in [0.15, 0.2) is 53.0 Å². The summed E-state index contributed by atoms with van der Waals surface area (Å²) in [7, 11) is 3.45. The molecule has 0 saturated carbocycles. The minimum atomic E-state index is -0.115. The lowest BCUT2D eigenvalue weighted by Crippen LogP contribution is -2.32. The Morgan fingerprint density at radius 3 is 2.70 bits per heavy atom. The Hall–Kier alpha value is -2.37. The molecule has 144 valence electrons. The molecule has 0 spiro atoms. The molecule has 0 N–H and O–H groups in total. The number of hydrogen-bond donors (Lipinski definition) is 0. The summed E-state index contributed by atoms with van der Waals surface area (Å²) >= 11 is 0. The Morgan fingerprint density at radius 1 is 1.19 bits per heavy atom. The summed E-state index contributed by atoms with van der Waals surface area (Å²) in [6, 6.07) is 13.9. The summed E-state index contributed by atoms with van der Waals surface area (Å²) in [5.74, 6) is 1.06. The maximum absolute atomic E-state index is 12.0. The monoisotopic (exact) mass is 368 g/mol. The van der Waals surface area contributed by atoms with Crippen LogP contribution in [0, 0.1) is 0 Å². The molecule has 1 aromatic carbocycles. The largest absolute Gasteiger partial charge is 0.455 e. The molecule has 1 unspecified atom stereocenters. The van der Waals surface area contributed by atoms with Gasteiger partial charge in [0, 0.05) is 33.8 Å². The average Bonchev–Trinajstić information content (AvgIpc) is 3.34. The van der Waals surface area contributed by atoms with Crippen LogP contribution >= 0.6 is 0 Å². The SMILES string of the molecule is CN(C)C(=O)c1ccc(CN(CC=Cc2ccccc2)CC2CCCO2)o1. The number of ether oxygens (including phenoxy) is 1. The Kier molecular flexibility index (Phi) is 6.85. The maximum Gasteiger partial charge on any atom is 0.289 e. The second-order valence-corrected chi connectivity index (χ2v) is 7.11. The van der Waals surface area contributed by atoms with Crippen molar-refractivity contribution in [3.8, 4) is 0 Å². The van der Waals surface area contributed by atoms with Crippen LogP contribution in [0.3, 0.4) is 0 Å². The van der Waals surface area contributed by atoms with Crippen molar-refractivity contribution in [1.82, 2.24) is 9.80 Å². The quantitative estimate of drug-likeness (QED) is 0.713. The Balaban J connectivity index is 1.64. The lowest BCUT2D eigenvalue weighted by atomic mass is 10.2. The van der Waals surface area contributed by atoms with E-state index in [1.54, 1.807) is 20.2 Å². The number of rotatable bonds is 8. The van der Waals surface area contributed by atoms with E-state index in [1.807, 2.05) is 24.3 Å². The number of hydrogen-bond acceptors (Lipinski definition) is 4. The van der Waals surface area contributed by atoms with E-state index in [9.17, 15) is 4.79 Å². The Labute approximate surface area is 161 Å². The van der Waals surface area contributed by atoms with E-state index in [1.165, 1.54) is 10.5 Å². The maximum atomic E-state index is 12.0. The van der Waals surface area contributed by atoms with Gasteiger partial charge in [-0.2, -0.15) is 0 Å². The predicted molar refractivity (Wildman–Crippen MR) is 106 cm³/mol. The minimum Gasteiger partial charge on any atom is -0.455 e. The summed E-state index contributed by atoms with van der Waals surface area (Å²) in [5, 5.41) is 0. The molecule has 5 nitrogen and oxygen atoms in total. The van der Waals surface area contributed by atoms with Crippen molar-refractivity contribution in [3.63, 3.8) is 0 Å². The van der Waals surface area contributed by atoms with Gasteiger partial charge in [-0.1, -0.05) is 42.5 Å². The average molecular weight is 368 g/mol. The van der Waals surface area contributed by atoms with Crippen LogP contribution in [0.2, 0.25) is 0 Å². The van der Waals surface area contributed by atoms with Gasteiger partial charge in [0.2, 0.25) is 0 Å². The molecule has 27 heavy (non-hydrogen) atoms. The molecule has 2 heterocycles. The first kappa shape index (κ1) is 19.4. The Bertz CT molecular complexity index is 746. The van der Waals surface area contributed by atoms with Crippen molar-refractivity contribution in [1.29, 1.82) is 0 Å². The van der Waals surface area contributed by atoms with Crippen LogP contribution in [-0.2, 0) is 11.3 Å². The number of benzene rings is 1. The third-order valence-corrected chi connectivity index (χ3v) is 4.62. The van der Waals surface area contributed by atoms with Gasteiger partial charge in [-0.15, -0.1) is 0 Å². The first-order chi connectivity index (χ1) is 13.1. The van der Waals surface area contributed by atoms with Crippen molar-refractivity contribution in [2.24, 2.45) is 0 Å². The van der Waals surface area contributed by atoms with Crippen molar-refractivity contribution in [2.75, 3.05) is 33.8 Å². The minimum absolute atomic E-state index is 0.115. The second kappa shape index (κ2) is 9.53. The van der Waals surface area contributed by atoms with Crippen molar-refractivity contribution < 1.29 is 13.9 Å². The molecule has 3 rings (SSSR count). The van der Waals surface area contributed by atoms with Crippen LogP contribution in [0.1, 0.15) is 34.7 Å². The van der Waals surface area contributed by atoms with Crippen LogP contribution < -0.4 is 0 Å². The third kappa shape index (κ3) is 5.81. The fourth-order valence-electron chi connectivity index (χ4n) is 3.20. The number of nitrogens with zero attached hydrogens (tertiary/aromatic N) is 2. The zero-order valence-corrected chi connectivity index (χ0v) is 16.1. The molecule has 1 fully saturated rings. The molecular weight excluding hydrogens is 340 g/mol. The number of carbonyl (C=O) groups is 1. The van der Waals surface area contributed by atoms with Gasteiger partial charge in [-0.05, 0) is 30.5 Å². The van der Waals surface area contributed by atoms with Crippen LogP contribution in [0.25, 0.3) is 6.08 Å². The third-order valence-electron chi connectivity index (χ3n) is 4.62. The number of carbonyl (C=O) groups excluding carboxylic acids is 1. The molecule has 1 aromatic heterocycles. The molecule has 1 aliphatic heterocycles. The molecule has 0 radical (unpaired) electrons. The van der Waals surface area contributed by atoms with Crippen LogP contribution in [-0.4, -0.2) is 55.6 Å². The highest BCUT2D eigenvalue weighted by Gasteiger charge is 2.20. The van der Waals surface area contributed by atoms with E-state index < -0.39 is 0 Å². The van der Waals surface area contributed by atoms with Gasteiger partial charge in [-0.25, -0.2) is 0 Å². The van der Waals surface area contributed by atoms with E-state index in [0.29, 0.717) is 12.3 Å². The van der Waals surface area contributed by atoms with E-state index in [4.69, 9.17) is 9.15 Å².